The number of H-pyrrole nitrogens is 1. The van der Waals surface area contributed by atoms with Crippen LogP contribution in [-0.2, 0) is 0 Å². The van der Waals surface area contributed by atoms with Gasteiger partial charge in [0.25, 0.3) is 11.5 Å². The van der Waals surface area contributed by atoms with Gasteiger partial charge in [0.2, 0.25) is 0 Å². The summed E-state index contributed by atoms with van der Waals surface area (Å²) in [6, 6.07) is 8.48. The van der Waals surface area contributed by atoms with Gasteiger partial charge in [0.15, 0.2) is 0 Å². The van der Waals surface area contributed by atoms with E-state index in [2.05, 4.69) is 10.4 Å². The molecular weight excluding hydrogens is 371 g/mol. The molecule has 3 aliphatic rings. The summed E-state index contributed by atoms with van der Waals surface area (Å²) < 4.78 is 41.4. The van der Waals surface area contributed by atoms with E-state index in [-0.39, 0.29) is 30.5 Å². The number of benzene rings is 1. The number of amides is 1. The summed E-state index contributed by atoms with van der Waals surface area (Å²) in [5.74, 6) is -0.454. The first-order valence-electron chi connectivity index (χ1n) is 9.42. The molecule has 2 aromatic rings. The van der Waals surface area contributed by atoms with Crippen molar-refractivity contribution in [2.75, 3.05) is 0 Å². The third-order valence-corrected chi connectivity index (χ3v) is 6.48. The molecule has 0 aliphatic heterocycles. The molecule has 8 heteroatoms. The Morgan fingerprint density at radius 1 is 1.07 bits per heavy atom. The van der Waals surface area contributed by atoms with Gasteiger partial charge in [0, 0.05) is 11.6 Å². The molecule has 3 aliphatic carbocycles. The number of hydrogen-bond donors (Lipinski definition) is 2. The summed E-state index contributed by atoms with van der Waals surface area (Å²) in [7, 11) is 0. The van der Waals surface area contributed by atoms with Crippen LogP contribution in [0, 0.1) is 12.3 Å². The second-order valence-corrected chi connectivity index (χ2v) is 8.19. The number of aromatic amines is 1. The van der Waals surface area contributed by atoms with Gasteiger partial charge in [-0.05, 0) is 57.6 Å². The Kier molecular flexibility index (Phi) is 4.21. The molecule has 2 N–H and O–H groups in total. The highest BCUT2D eigenvalue weighted by atomic mass is 19.4. The van der Waals surface area contributed by atoms with Crippen molar-refractivity contribution in [1.82, 2.24) is 15.1 Å². The van der Waals surface area contributed by atoms with E-state index in [0.29, 0.717) is 24.9 Å². The van der Waals surface area contributed by atoms with Gasteiger partial charge in [-0.3, -0.25) is 14.7 Å². The quantitative estimate of drug-likeness (QED) is 0.832. The van der Waals surface area contributed by atoms with Crippen molar-refractivity contribution in [3.8, 4) is 5.69 Å². The normalized spacial score (nSPS) is 27.0. The number of alkyl halides is 3. The molecule has 2 bridgehead atoms. The summed E-state index contributed by atoms with van der Waals surface area (Å²) in [6.07, 6.45) is -3.16. The monoisotopic (exact) mass is 393 g/mol. The van der Waals surface area contributed by atoms with Gasteiger partial charge in [-0.15, -0.1) is 0 Å². The topological polar surface area (TPSA) is 66.9 Å². The Balaban J connectivity index is 1.51. The summed E-state index contributed by atoms with van der Waals surface area (Å²) in [4.78, 5) is 25.0. The van der Waals surface area contributed by atoms with Crippen LogP contribution >= 0.6 is 0 Å². The van der Waals surface area contributed by atoms with E-state index < -0.39 is 23.0 Å². The average molecular weight is 393 g/mol. The molecule has 0 radical (unpaired) electrons. The molecule has 0 unspecified atom stereocenters. The lowest BCUT2D eigenvalue weighted by atomic mass is 9.57. The van der Waals surface area contributed by atoms with Crippen molar-refractivity contribution >= 4 is 5.91 Å². The lowest BCUT2D eigenvalue weighted by Crippen LogP contribution is -2.59. The molecular formula is C20H22F3N3O2. The first-order chi connectivity index (χ1) is 13.1. The summed E-state index contributed by atoms with van der Waals surface area (Å²) >= 11 is 0. The number of carbonyl (C=O) groups is 1. The lowest BCUT2D eigenvalue weighted by molar-refractivity contribution is -0.253. The number of aryl methyl sites for hydroxylation is 1. The zero-order chi connectivity index (χ0) is 20.2. The van der Waals surface area contributed by atoms with Crippen LogP contribution in [0.15, 0.2) is 35.1 Å². The highest BCUT2D eigenvalue weighted by Gasteiger charge is 2.61. The molecule has 150 valence electrons. The molecule has 1 amide bonds. The van der Waals surface area contributed by atoms with E-state index in [1.54, 1.807) is 12.1 Å². The second kappa shape index (κ2) is 6.25. The van der Waals surface area contributed by atoms with Crippen LogP contribution in [0.1, 0.15) is 54.6 Å². The predicted molar refractivity (Wildman–Crippen MR) is 97.5 cm³/mol. The number of hydrogen-bond acceptors (Lipinski definition) is 2. The van der Waals surface area contributed by atoms with E-state index in [1.807, 2.05) is 19.1 Å². The van der Waals surface area contributed by atoms with Crippen molar-refractivity contribution in [1.29, 1.82) is 0 Å². The molecule has 0 saturated heterocycles. The maximum atomic E-state index is 13.4. The van der Waals surface area contributed by atoms with Crippen LogP contribution in [0.5, 0.6) is 0 Å². The Bertz CT molecular complexity index is 932. The fraction of sp³-hybridized carbons (Fsp3) is 0.500. The Morgan fingerprint density at radius 3 is 2.18 bits per heavy atom. The summed E-state index contributed by atoms with van der Waals surface area (Å²) in [6.45, 7) is 1.93. The van der Waals surface area contributed by atoms with Crippen LogP contribution in [0.3, 0.4) is 0 Å². The smallest absolute Gasteiger partial charge is 0.345 e. The van der Waals surface area contributed by atoms with Gasteiger partial charge in [0.05, 0.1) is 11.1 Å². The van der Waals surface area contributed by atoms with Crippen LogP contribution < -0.4 is 10.9 Å². The summed E-state index contributed by atoms with van der Waals surface area (Å²) in [5.41, 5.74) is -0.814. The number of fused-ring (bicyclic) bond motifs is 3. The minimum atomic E-state index is -4.19. The van der Waals surface area contributed by atoms with E-state index in [4.69, 9.17) is 0 Å². The molecule has 1 heterocycles. The van der Waals surface area contributed by atoms with E-state index in [0.717, 1.165) is 5.56 Å². The number of nitrogens with one attached hydrogen (secondary N) is 2. The summed E-state index contributed by atoms with van der Waals surface area (Å²) in [5, 5.41) is 5.72. The van der Waals surface area contributed by atoms with Gasteiger partial charge in [-0.25, -0.2) is 4.68 Å². The van der Waals surface area contributed by atoms with Gasteiger partial charge in [-0.1, -0.05) is 17.7 Å². The average Bonchev–Trinajstić information content (AvgIpc) is 3.05. The Labute approximate surface area is 159 Å². The zero-order valence-electron chi connectivity index (χ0n) is 15.5. The fourth-order valence-corrected chi connectivity index (χ4v) is 4.50. The molecule has 1 aromatic heterocycles. The molecule has 5 rings (SSSR count). The third kappa shape index (κ3) is 3.04. The Hall–Kier alpha value is -2.51. The maximum Gasteiger partial charge on any atom is 0.394 e. The second-order valence-electron chi connectivity index (χ2n) is 8.19. The van der Waals surface area contributed by atoms with Crippen LogP contribution in [0.2, 0.25) is 0 Å². The number of halogens is 3. The van der Waals surface area contributed by atoms with Crippen LogP contribution in [0.25, 0.3) is 5.69 Å². The molecule has 1 aromatic carbocycles. The SMILES string of the molecule is Cc1ccc(-n2[nH]c(C(=O)NC34CCC(C(F)(F)F)(CC3)CC4)cc2=O)cc1. The molecule has 3 saturated carbocycles. The van der Waals surface area contributed by atoms with Gasteiger partial charge in [0.1, 0.15) is 5.69 Å². The number of rotatable bonds is 3. The highest BCUT2D eigenvalue weighted by molar-refractivity contribution is 5.92. The van der Waals surface area contributed by atoms with Crippen molar-refractivity contribution in [2.24, 2.45) is 5.41 Å². The minimum absolute atomic E-state index is 0.0394. The number of nitrogens with zero attached hydrogens (tertiary/aromatic N) is 1. The standard InChI is InChI=1S/C20H22F3N3O2/c1-13-2-4-14(5-3-13)26-16(27)12-15(25-26)17(28)24-19-9-6-18(7-10-19,8-11-19)20(21,22)23/h2-5,12,25H,6-11H2,1H3,(H,24,28). The molecule has 0 atom stereocenters. The Morgan fingerprint density at radius 2 is 1.64 bits per heavy atom. The van der Waals surface area contributed by atoms with Crippen molar-refractivity contribution in [3.05, 3.63) is 51.9 Å². The van der Waals surface area contributed by atoms with Crippen LogP contribution in [0.4, 0.5) is 13.2 Å². The number of carbonyl (C=O) groups excluding carboxylic acids is 1. The van der Waals surface area contributed by atoms with E-state index >= 15 is 0 Å². The van der Waals surface area contributed by atoms with Crippen LogP contribution in [-0.4, -0.2) is 27.4 Å². The number of aromatic nitrogens is 2. The van der Waals surface area contributed by atoms with Gasteiger partial charge >= 0.3 is 6.18 Å². The first-order valence-corrected chi connectivity index (χ1v) is 9.42. The maximum absolute atomic E-state index is 13.4. The molecule has 0 spiro atoms. The largest absolute Gasteiger partial charge is 0.394 e. The lowest BCUT2D eigenvalue weighted by Gasteiger charge is -2.53. The van der Waals surface area contributed by atoms with Crippen molar-refractivity contribution in [3.63, 3.8) is 0 Å². The van der Waals surface area contributed by atoms with Crippen molar-refractivity contribution < 1.29 is 18.0 Å². The molecule has 28 heavy (non-hydrogen) atoms. The van der Waals surface area contributed by atoms with Gasteiger partial charge < -0.3 is 5.32 Å². The fourth-order valence-electron chi connectivity index (χ4n) is 4.50. The van der Waals surface area contributed by atoms with Crippen molar-refractivity contribution in [2.45, 2.75) is 57.2 Å². The van der Waals surface area contributed by atoms with E-state index in [9.17, 15) is 22.8 Å². The molecule has 5 nitrogen and oxygen atoms in total. The third-order valence-electron chi connectivity index (χ3n) is 6.48. The zero-order valence-corrected chi connectivity index (χ0v) is 15.5. The predicted octanol–water partition coefficient (Wildman–Crippen LogP) is 3.86. The van der Waals surface area contributed by atoms with Gasteiger partial charge in [-0.2, -0.15) is 13.2 Å². The van der Waals surface area contributed by atoms with E-state index in [1.165, 1.54) is 10.7 Å². The molecule has 3 fully saturated rings. The first kappa shape index (κ1) is 18.8. The minimum Gasteiger partial charge on any atom is -0.345 e. The highest BCUT2D eigenvalue weighted by Crippen LogP contribution is 2.59.